The highest BCUT2D eigenvalue weighted by atomic mass is 16.6. The first-order valence-electron chi connectivity index (χ1n) is 5.84. The van der Waals surface area contributed by atoms with Gasteiger partial charge in [-0.2, -0.15) is 0 Å². The van der Waals surface area contributed by atoms with Crippen molar-refractivity contribution in [2.24, 2.45) is 5.92 Å². The van der Waals surface area contributed by atoms with E-state index < -0.39 is 29.8 Å². The van der Waals surface area contributed by atoms with E-state index >= 15 is 0 Å². The summed E-state index contributed by atoms with van der Waals surface area (Å²) in [5, 5.41) is 12.2. The van der Waals surface area contributed by atoms with E-state index in [-0.39, 0.29) is 5.92 Å². The highest BCUT2D eigenvalue weighted by Crippen LogP contribution is 2.11. The normalized spacial score (nSPS) is 14.9. The summed E-state index contributed by atoms with van der Waals surface area (Å²) in [6.07, 6.45) is -1.80. The van der Waals surface area contributed by atoms with E-state index in [1.165, 1.54) is 7.11 Å². The van der Waals surface area contributed by atoms with Crippen LogP contribution in [0, 0.1) is 5.92 Å². The lowest BCUT2D eigenvalue weighted by molar-refractivity contribution is -0.147. The van der Waals surface area contributed by atoms with Crippen molar-refractivity contribution >= 4 is 12.1 Å². The molecule has 0 saturated heterocycles. The maximum atomic E-state index is 11.6. The topological polar surface area (TPSA) is 84.9 Å². The Kier molecular flexibility index (Phi) is 6.11. The fourth-order valence-corrected chi connectivity index (χ4v) is 1.23. The van der Waals surface area contributed by atoms with Crippen molar-refractivity contribution in [3.8, 4) is 0 Å². The van der Waals surface area contributed by atoms with Crippen LogP contribution < -0.4 is 5.32 Å². The average Bonchev–Trinajstić information content (AvgIpc) is 2.21. The lowest BCUT2D eigenvalue weighted by Gasteiger charge is -2.26. The van der Waals surface area contributed by atoms with Crippen molar-refractivity contribution in [3.63, 3.8) is 0 Å². The second kappa shape index (κ2) is 6.58. The van der Waals surface area contributed by atoms with E-state index in [0.717, 1.165) is 0 Å². The van der Waals surface area contributed by atoms with Crippen molar-refractivity contribution in [2.75, 3.05) is 7.11 Å². The van der Waals surface area contributed by atoms with Crippen molar-refractivity contribution in [1.82, 2.24) is 5.32 Å². The molecule has 0 aliphatic rings. The number of alkyl carbamates (subject to hydrolysis) is 1. The van der Waals surface area contributed by atoms with Gasteiger partial charge in [-0.1, -0.05) is 13.8 Å². The van der Waals surface area contributed by atoms with Crippen LogP contribution in [-0.4, -0.2) is 42.0 Å². The number of methoxy groups -OCH3 is 1. The number of ether oxygens (including phenoxy) is 2. The number of aliphatic hydroxyl groups is 1. The van der Waals surface area contributed by atoms with Crippen LogP contribution in [0.3, 0.4) is 0 Å². The van der Waals surface area contributed by atoms with Gasteiger partial charge in [0.25, 0.3) is 0 Å². The summed E-state index contributed by atoms with van der Waals surface area (Å²) in [5.74, 6) is -0.911. The molecule has 0 spiro atoms. The summed E-state index contributed by atoms with van der Waals surface area (Å²) in [7, 11) is 1.19. The molecule has 0 unspecified atom stereocenters. The summed E-state index contributed by atoms with van der Waals surface area (Å²) in [4.78, 5) is 23.1. The second-order valence-corrected chi connectivity index (χ2v) is 5.38. The molecule has 2 N–H and O–H groups in total. The van der Waals surface area contributed by atoms with Crippen LogP contribution in [0.1, 0.15) is 34.6 Å². The number of carbonyl (C=O) groups is 2. The number of rotatable bonds is 4. The van der Waals surface area contributed by atoms with Gasteiger partial charge in [0.15, 0.2) is 6.04 Å². The zero-order valence-electron chi connectivity index (χ0n) is 11.8. The molecule has 0 aromatic heterocycles. The first kappa shape index (κ1) is 16.7. The monoisotopic (exact) mass is 261 g/mol. The Bertz CT molecular complexity index is 295. The lowest BCUT2D eigenvalue weighted by atomic mass is 10.00. The molecule has 2 atom stereocenters. The highest BCUT2D eigenvalue weighted by Gasteiger charge is 2.32. The summed E-state index contributed by atoms with van der Waals surface area (Å²) < 4.78 is 9.57. The largest absolute Gasteiger partial charge is 0.467 e. The molecule has 0 radical (unpaired) electrons. The SMILES string of the molecule is COC(=O)[C@H](NC(=O)OC(C)(C)C)[C@@H](O)C(C)C. The van der Waals surface area contributed by atoms with E-state index in [9.17, 15) is 14.7 Å². The third-order valence-electron chi connectivity index (χ3n) is 2.15. The molecular formula is C12H23NO5. The van der Waals surface area contributed by atoms with Gasteiger partial charge in [-0.15, -0.1) is 0 Å². The number of carbonyl (C=O) groups excluding carboxylic acids is 2. The van der Waals surface area contributed by atoms with Crippen molar-refractivity contribution < 1.29 is 24.2 Å². The Morgan fingerprint density at radius 2 is 1.72 bits per heavy atom. The maximum absolute atomic E-state index is 11.6. The van der Waals surface area contributed by atoms with E-state index in [1.54, 1.807) is 34.6 Å². The average molecular weight is 261 g/mol. The number of esters is 1. The smallest absolute Gasteiger partial charge is 0.408 e. The molecule has 0 aliphatic heterocycles. The van der Waals surface area contributed by atoms with E-state index in [1.807, 2.05) is 0 Å². The predicted molar refractivity (Wildman–Crippen MR) is 66.0 cm³/mol. The van der Waals surface area contributed by atoms with Crippen LogP contribution in [0.25, 0.3) is 0 Å². The Hall–Kier alpha value is -1.30. The first-order valence-corrected chi connectivity index (χ1v) is 5.84. The minimum absolute atomic E-state index is 0.205. The van der Waals surface area contributed by atoms with Crippen molar-refractivity contribution in [1.29, 1.82) is 0 Å². The maximum Gasteiger partial charge on any atom is 0.408 e. The molecule has 0 aromatic carbocycles. The molecule has 18 heavy (non-hydrogen) atoms. The number of aliphatic hydroxyl groups excluding tert-OH is 1. The molecular weight excluding hydrogens is 238 g/mol. The molecule has 106 valence electrons. The molecule has 0 aliphatic carbocycles. The molecule has 0 aromatic rings. The molecule has 0 rings (SSSR count). The summed E-state index contributed by atoms with van der Waals surface area (Å²) >= 11 is 0. The number of hydrogen-bond donors (Lipinski definition) is 2. The van der Waals surface area contributed by atoms with E-state index in [0.29, 0.717) is 0 Å². The fraction of sp³-hybridized carbons (Fsp3) is 0.833. The van der Waals surface area contributed by atoms with Gasteiger partial charge in [0.05, 0.1) is 13.2 Å². The lowest BCUT2D eigenvalue weighted by Crippen LogP contribution is -2.52. The number of hydrogen-bond acceptors (Lipinski definition) is 5. The number of amides is 1. The molecule has 0 fully saturated rings. The van der Waals surface area contributed by atoms with E-state index in [2.05, 4.69) is 10.1 Å². The minimum Gasteiger partial charge on any atom is -0.467 e. The van der Waals surface area contributed by atoms with Gasteiger partial charge in [-0.05, 0) is 26.7 Å². The van der Waals surface area contributed by atoms with Crippen molar-refractivity contribution in [2.45, 2.75) is 52.4 Å². The molecule has 0 bridgehead atoms. The van der Waals surface area contributed by atoms with Crippen LogP contribution in [0.4, 0.5) is 4.79 Å². The van der Waals surface area contributed by atoms with E-state index in [4.69, 9.17) is 4.74 Å². The van der Waals surface area contributed by atoms with Gasteiger partial charge in [0.2, 0.25) is 0 Å². The molecule has 6 nitrogen and oxygen atoms in total. The highest BCUT2D eigenvalue weighted by molar-refractivity contribution is 5.82. The second-order valence-electron chi connectivity index (χ2n) is 5.38. The first-order chi connectivity index (χ1) is 8.08. The summed E-state index contributed by atoms with van der Waals surface area (Å²) in [6.45, 7) is 8.59. The zero-order valence-corrected chi connectivity index (χ0v) is 11.8. The third kappa shape index (κ3) is 5.86. The Balaban J connectivity index is 4.70. The molecule has 0 saturated carbocycles. The molecule has 0 heterocycles. The zero-order chi connectivity index (χ0) is 14.5. The van der Waals surface area contributed by atoms with Gasteiger partial charge in [-0.25, -0.2) is 9.59 Å². The Morgan fingerprint density at radius 3 is 2.06 bits per heavy atom. The van der Waals surface area contributed by atoms with Crippen LogP contribution >= 0.6 is 0 Å². The number of nitrogens with one attached hydrogen (secondary N) is 1. The standard InChI is InChI=1S/C12H23NO5/c1-7(2)9(14)8(10(15)17-6)13-11(16)18-12(3,4)5/h7-9,14H,1-6H3,(H,13,16)/t8-,9+/m1/s1. The van der Waals surface area contributed by atoms with Gasteiger partial charge in [0, 0.05) is 0 Å². The quantitative estimate of drug-likeness (QED) is 0.739. The minimum atomic E-state index is -1.13. The third-order valence-corrected chi connectivity index (χ3v) is 2.15. The van der Waals surface area contributed by atoms with Crippen LogP contribution in [0.5, 0.6) is 0 Å². The van der Waals surface area contributed by atoms with Crippen LogP contribution in [0.15, 0.2) is 0 Å². The summed E-state index contributed by atoms with van der Waals surface area (Å²) in [5.41, 5.74) is -0.673. The van der Waals surface area contributed by atoms with Gasteiger partial charge in [-0.3, -0.25) is 0 Å². The van der Waals surface area contributed by atoms with Crippen LogP contribution in [0.2, 0.25) is 0 Å². The predicted octanol–water partition coefficient (Wildman–Crippen LogP) is 1.07. The fourth-order valence-electron chi connectivity index (χ4n) is 1.23. The van der Waals surface area contributed by atoms with Gasteiger partial charge >= 0.3 is 12.1 Å². The van der Waals surface area contributed by atoms with Gasteiger partial charge < -0.3 is 19.9 Å². The molecule has 1 amide bonds. The summed E-state index contributed by atoms with van der Waals surface area (Å²) in [6, 6.07) is -1.13. The Morgan fingerprint density at radius 1 is 1.22 bits per heavy atom. The van der Waals surface area contributed by atoms with Gasteiger partial charge in [0.1, 0.15) is 5.60 Å². The Labute approximate surface area is 108 Å². The molecule has 6 heteroatoms. The van der Waals surface area contributed by atoms with Crippen LogP contribution in [-0.2, 0) is 14.3 Å². The van der Waals surface area contributed by atoms with Crippen molar-refractivity contribution in [3.05, 3.63) is 0 Å².